The maximum Gasteiger partial charge on any atom is 0.166 e. The fourth-order valence-corrected chi connectivity index (χ4v) is 4.49. The molecule has 2 aromatic carbocycles. The third kappa shape index (κ3) is 4.53. The maximum absolute atomic E-state index is 15.1. The van der Waals surface area contributed by atoms with Gasteiger partial charge in [0.15, 0.2) is 5.82 Å². The zero-order chi connectivity index (χ0) is 24.5. The molecule has 9 nitrogen and oxygen atoms in total. The molecule has 11 heteroatoms. The second kappa shape index (κ2) is 9.53. The van der Waals surface area contributed by atoms with E-state index in [4.69, 9.17) is 9.47 Å². The number of anilines is 2. The largest absolute Gasteiger partial charge is 0.487 e. The molecular weight excluding hydrogens is 471 g/mol. The van der Waals surface area contributed by atoms with E-state index in [0.29, 0.717) is 50.5 Å². The Hall–Kier alpha value is -3.67. The van der Waals surface area contributed by atoms with Gasteiger partial charge in [0.1, 0.15) is 24.0 Å². The van der Waals surface area contributed by atoms with Gasteiger partial charge in [-0.25, -0.2) is 24.0 Å². The van der Waals surface area contributed by atoms with Crippen molar-refractivity contribution in [1.82, 2.24) is 24.7 Å². The molecule has 3 aromatic heterocycles. The SMILES string of the molecule is COC[C@@H](C)Oc1cc(-n2cc([C@H](C)O)cn2)cc2ncnc(Nc3ccc4ncsc4c3F)c12. The van der Waals surface area contributed by atoms with Gasteiger partial charge in [-0.2, -0.15) is 5.10 Å². The van der Waals surface area contributed by atoms with Gasteiger partial charge in [-0.1, -0.05) is 0 Å². The number of rotatable bonds is 8. The number of aromatic nitrogens is 5. The Morgan fingerprint density at radius 3 is 2.80 bits per heavy atom. The molecule has 0 bridgehead atoms. The number of fused-ring (bicyclic) bond motifs is 2. The van der Waals surface area contributed by atoms with E-state index in [9.17, 15) is 5.11 Å². The lowest BCUT2D eigenvalue weighted by atomic mass is 10.1. The van der Waals surface area contributed by atoms with E-state index in [1.165, 1.54) is 17.7 Å². The Morgan fingerprint density at radius 2 is 2.03 bits per heavy atom. The van der Waals surface area contributed by atoms with Crippen LogP contribution in [0.3, 0.4) is 0 Å². The minimum absolute atomic E-state index is 0.273. The van der Waals surface area contributed by atoms with E-state index in [0.717, 1.165) is 0 Å². The number of methoxy groups -OCH3 is 1. The van der Waals surface area contributed by atoms with Gasteiger partial charge in [0.2, 0.25) is 0 Å². The van der Waals surface area contributed by atoms with Crippen LogP contribution < -0.4 is 10.1 Å². The van der Waals surface area contributed by atoms with Crippen LogP contribution in [-0.4, -0.2) is 49.7 Å². The fourth-order valence-electron chi connectivity index (χ4n) is 3.76. The van der Waals surface area contributed by atoms with Gasteiger partial charge < -0.3 is 19.9 Å². The minimum Gasteiger partial charge on any atom is -0.487 e. The van der Waals surface area contributed by atoms with Crippen LogP contribution in [0.1, 0.15) is 25.5 Å². The van der Waals surface area contributed by atoms with Crippen LogP contribution in [0.4, 0.5) is 15.9 Å². The molecule has 0 saturated heterocycles. The van der Waals surface area contributed by atoms with Crippen LogP contribution in [0.5, 0.6) is 5.75 Å². The second-order valence-corrected chi connectivity index (χ2v) is 8.95. The molecule has 5 rings (SSSR count). The first kappa shape index (κ1) is 23.1. The molecule has 0 fully saturated rings. The molecule has 0 aliphatic rings. The van der Waals surface area contributed by atoms with Crippen LogP contribution in [0.15, 0.2) is 48.5 Å². The van der Waals surface area contributed by atoms with E-state index in [1.807, 2.05) is 19.1 Å². The van der Waals surface area contributed by atoms with Crippen LogP contribution in [-0.2, 0) is 4.74 Å². The standard InChI is InChI=1S/C24H23FN6O3S/c1-13(10-33-3)34-20-7-16(31-9-15(8-29-31)14(2)32)6-19-21(20)24(27-11-26-19)30-17-4-5-18-23(22(17)25)35-12-28-18/h4-9,11-14,32H,10H2,1-3H3,(H,26,27,30)/t13-,14+/m1/s1. The molecule has 35 heavy (non-hydrogen) atoms. The zero-order valence-corrected chi connectivity index (χ0v) is 20.1. The predicted molar refractivity (Wildman–Crippen MR) is 132 cm³/mol. The summed E-state index contributed by atoms with van der Waals surface area (Å²) in [4.78, 5) is 13.0. The van der Waals surface area contributed by atoms with Crippen molar-refractivity contribution in [2.45, 2.75) is 26.1 Å². The highest BCUT2D eigenvalue weighted by Gasteiger charge is 2.18. The normalized spacial score (nSPS) is 13.3. The molecule has 0 radical (unpaired) electrons. The van der Waals surface area contributed by atoms with Crippen molar-refractivity contribution in [2.24, 2.45) is 0 Å². The minimum atomic E-state index is -0.648. The molecule has 180 valence electrons. The van der Waals surface area contributed by atoms with E-state index >= 15 is 4.39 Å². The Morgan fingerprint density at radius 1 is 1.17 bits per heavy atom. The van der Waals surface area contributed by atoms with E-state index < -0.39 is 11.9 Å². The molecular formula is C24H23FN6O3S. The summed E-state index contributed by atoms with van der Waals surface area (Å²) in [5.74, 6) is 0.485. The predicted octanol–water partition coefficient (Wildman–Crippen LogP) is 4.77. The fraction of sp³-hybridized carbons (Fsp3) is 0.250. The topological polar surface area (TPSA) is 107 Å². The van der Waals surface area contributed by atoms with Crippen molar-refractivity contribution in [1.29, 1.82) is 0 Å². The van der Waals surface area contributed by atoms with Gasteiger partial charge in [0.25, 0.3) is 0 Å². The van der Waals surface area contributed by atoms with Gasteiger partial charge in [0, 0.05) is 24.9 Å². The second-order valence-electron chi connectivity index (χ2n) is 8.09. The summed E-state index contributed by atoms with van der Waals surface area (Å²) in [6.45, 7) is 3.93. The molecule has 0 aliphatic heterocycles. The van der Waals surface area contributed by atoms with E-state index in [-0.39, 0.29) is 11.8 Å². The third-order valence-electron chi connectivity index (χ3n) is 5.46. The van der Waals surface area contributed by atoms with Crippen LogP contribution in [0.25, 0.3) is 26.8 Å². The number of nitrogens with one attached hydrogen (secondary N) is 1. The molecule has 2 atom stereocenters. The van der Waals surface area contributed by atoms with E-state index in [2.05, 4.69) is 25.4 Å². The third-order valence-corrected chi connectivity index (χ3v) is 6.29. The maximum atomic E-state index is 15.1. The lowest BCUT2D eigenvalue weighted by molar-refractivity contribution is 0.0931. The average Bonchev–Trinajstić information content (AvgIpc) is 3.51. The van der Waals surface area contributed by atoms with Crippen molar-refractivity contribution in [3.05, 3.63) is 59.9 Å². The number of hydrogen-bond acceptors (Lipinski definition) is 9. The summed E-state index contributed by atoms with van der Waals surface area (Å²) in [7, 11) is 1.60. The first-order chi connectivity index (χ1) is 16.9. The Bertz CT molecular complexity index is 1500. The summed E-state index contributed by atoms with van der Waals surface area (Å²) in [6.07, 6.45) is 3.83. The number of thiazole rings is 1. The lowest BCUT2D eigenvalue weighted by Gasteiger charge is -2.18. The highest BCUT2D eigenvalue weighted by atomic mass is 32.1. The molecule has 0 aliphatic carbocycles. The number of ether oxygens (including phenoxy) is 2. The van der Waals surface area contributed by atoms with Crippen molar-refractivity contribution < 1.29 is 19.0 Å². The quantitative estimate of drug-likeness (QED) is 0.318. The molecule has 0 saturated carbocycles. The van der Waals surface area contributed by atoms with Gasteiger partial charge in [-0.15, -0.1) is 11.3 Å². The number of nitrogens with zero attached hydrogens (tertiary/aromatic N) is 5. The summed E-state index contributed by atoms with van der Waals surface area (Å²) in [5.41, 5.74) is 4.43. The molecule has 3 heterocycles. The Kier molecular flexibility index (Phi) is 6.29. The summed E-state index contributed by atoms with van der Waals surface area (Å²) < 4.78 is 28.7. The molecule has 2 N–H and O–H groups in total. The number of aliphatic hydroxyl groups is 1. The smallest absolute Gasteiger partial charge is 0.166 e. The van der Waals surface area contributed by atoms with Crippen molar-refractivity contribution in [3.8, 4) is 11.4 Å². The van der Waals surface area contributed by atoms with Gasteiger partial charge in [-0.05, 0) is 32.0 Å². The molecule has 5 aromatic rings. The molecule has 0 unspecified atom stereocenters. The van der Waals surface area contributed by atoms with Crippen molar-refractivity contribution >= 4 is 44.0 Å². The van der Waals surface area contributed by atoms with Crippen LogP contribution >= 0.6 is 11.3 Å². The Labute approximate surface area is 204 Å². The lowest BCUT2D eigenvalue weighted by Crippen LogP contribution is -2.18. The zero-order valence-electron chi connectivity index (χ0n) is 19.3. The van der Waals surface area contributed by atoms with Crippen molar-refractivity contribution in [2.75, 3.05) is 19.0 Å². The summed E-state index contributed by atoms with van der Waals surface area (Å²) in [5, 5.41) is 17.9. The summed E-state index contributed by atoms with van der Waals surface area (Å²) >= 11 is 1.24. The molecule has 0 amide bonds. The van der Waals surface area contributed by atoms with Gasteiger partial charge in [-0.3, -0.25) is 0 Å². The van der Waals surface area contributed by atoms with Gasteiger partial charge >= 0.3 is 0 Å². The Balaban J connectivity index is 1.63. The van der Waals surface area contributed by atoms with Crippen LogP contribution in [0, 0.1) is 5.82 Å². The van der Waals surface area contributed by atoms with Gasteiger partial charge in [0.05, 0.1) is 56.9 Å². The molecule has 0 spiro atoms. The number of aliphatic hydroxyl groups excluding tert-OH is 1. The first-order valence-electron chi connectivity index (χ1n) is 10.9. The highest BCUT2D eigenvalue weighted by molar-refractivity contribution is 7.16. The highest BCUT2D eigenvalue weighted by Crippen LogP contribution is 2.36. The number of hydrogen-bond donors (Lipinski definition) is 2. The number of halogens is 1. The number of benzene rings is 2. The van der Waals surface area contributed by atoms with E-state index in [1.54, 1.807) is 48.8 Å². The van der Waals surface area contributed by atoms with Crippen LogP contribution in [0.2, 0.25) is 0 Å². The van der Waals surface area contributed by atoms with Crippen molar-refractivity contribution in [3.63, 3.8) is 0 Å². The first-order valence-corrected chi connectivity index (χ1v) is 11.8. The summed E-state index contributed by atoms with van der Waals surface area (Å²) in [6, 6.07) is 7.03. The monoisotopic (exact) mass is 494 g/mol. The average molecular weight is 495 g/mol.